The Morgan fingerprint density at radius 1 is 1.24 bits per heavy atom. The van der Waals surface area contributed by atoms with Crippen LogP contribution in [0.3, 0.4) is 0 Å². The normalized spacial score (nSPS) is 10.9. The van der Waals surface area contributed by atoms with Gasteiger partial charge in [-0.05, 0) is 40.3 Å². The number of amides is 1. The zero-order valence-electron chi connectivity index (χ0n) is 11.0. The summed E-state index contributed by atoms with van der Waals surface area (Å²) in [6.45, 7) is 5.09. The quantitative estimate of drug-likeness (QED) is 0.596. The van der Waals surface area contributed by atoms with Crippen LogP contribution in [0.5, 0.6) is 0 Å². The minimum absolute atomic E-state index is 0.0352. The summed E-state index contributed by atoms with van der Waals surface area (Å²) in [5, 5.41) is 11.3. The van der Waals surface area contributed by atoms with Crippen molar-refractivity contribution in [3.05, 3.63) is 0 Å². The number of carboxylic acid groups (broad SMARTS) is 1. The molecule has 0 saturated heterocycles. The minimum atomic E-state index is -0.741. The first kappa shape index (κ1) is 15.9. The number of unbranched alkanes of at least 4 members (excludes halogenated alkanes) is 2. The molecule has 0 heterocycles. The van der Waals surface area contributed by atoms with Crippen molar-refractivity contribution in [2.75, 3.05) is 20.1 Å². The molecule has 1 amide bonds. The van der Waals surface area contributed by atoms with E-state index in [1.54, 1.807) is 0 Å². The van der Waals surface area contributed by atoms with Crippen molar-refractivity contribution in [2.24, 2.45) is 0 Å². The second-order valence-corrected chi connectivity index (χ2v) is 4.66. The van der Waals surface area contributed by atoms with Gasteiger partial charge >= 0.3 is 5.97 Å². The van der Waals surface area contributed by atoms with Crippen LogP contribution in [0.1, 0.15) is 39.5 Å². The van der Waals surface area contributed by atoms with Crippen LogP contribution in [-0.4, -0.2) is 48.1 Å². The van der Waals surface area contributed by atoms with Gasteiger partial charge in [0.15, 0.2) is 0 Å². The van der Waals surface area contributed by atoms with E-state index >= 15 is 0 Å². The number of aliphatic carboxylic acids is 1. The Hall–Kier alpha value is -1.10. The number of rotatable bonds is 9. The van der Waals surface area contributed by atoms with Gasteiger partial charge in [0.25, 0.3) is 0 Å². The molecule has 5 heteroatoms. The highest BCUT2D eigenvalue weighted by Crippen LogP contribution is 2.00. The number of hydrogen-bond acceptors (Lipinski definition) is 3. The van der Waals surface area contributed by atoms with Crippen LogP contribution in [0.15, 0.2) is 0 Å². The van der Waals surface area contributed by atoms with Crippen molar-refractivity contribution >= 4 is 11.9 Å². The zero-order valence-corrected chi connectivity index (χ0v) is 11.0. The Bertz CT molecular complexity index is 242. The third-order valence-corrected chi connectivity index (χ3v) is 2.29. The molecule has 17 heavy (non-hydrogen) atoms. The molecule has 0 aliphatic heterocycles. The summed E-state index contributed by atoms with van der Waals surface area (Å²) in [4.78, 5) is 23.6. The van der Waals surface area contributed by atoms with E-state index in [4.69, 9.17) is 5.11 Å². The maximum absolute atomic E-state index is 11.4. The molecule has 0 saturated carbocycles. The highest BCUT2D eigenvalue weighted by atomic mass is 16.4. The third kappa shape index (κ3) is 11.2. The van der Waals surface area contributed by atoms with Crippen LogP contribution in [0.4, 0.5) is 0 Å². The standard InChI is InChI=1S/C12H24N2O3/c1-10(2)13-11(15)9-14(3)8-6-4-5-7-12(16)17/h10H,4-9H2,1-3H3,(H,13,15)(H,16,17). The number of carboxylic acids is 1. The molecule has 5 nitrogen and oxygen atoms in total. The van der Waals surface area contributed by atoms with E-state index in [2.05, 4.69) is 5.32 Å². The molecule has 0 aliphatic carbocycles. The maximum Gasteiger partial charge on any atom is 0.303 e. The molecule has 0 aliphatic rings. The molecule has 100 valence electrons. The fourth-order valence-corrected chi connectivity index (χ4v) is 1.53. The summed E-state index contributed by atoms with van der Waals surface area (Å²) >= 11 is 0. The number of likely N-dealkylation sites (N-methyl/N-ethyl adjacent to an activating group) is 1. The second kappa shape index (κ2) is 8.98. The van der Waals surface area contributed by atoms with Crippen molar-refractivity contribution < 1.29 is 14.7 Å². The molecule has 0 radical (unpaired) electrons. The molecule has 0 aromatic heterocycles. The molecule has 0 bridgehead atoms. The smallest absolute Gasteiger partial charge is 0.303 e. The van der Waals surface area contributed by atoms with E-state index in [1.165, 1.54) is 0 Å². The number of hydrogen-bond donors (Lipinski definition) is 2. The lowest BCUT2D eigenvalue weighted by molar-refractivity contribution is -0.137. The number of nitrogens with one attached hydrogen (secondary N) is 1. The van der Waals surface area contributed by atoms with Crippen LogP contribution >= 0.6 is 0 Å². The van der Waals surface area contributed by atoms with Crippen LogP contribution in [0, 0.1) is 0 Å². The zero-order chi connectivity index (χ0) is 13.3. The van der Waals surface area contributed by atoms with Gasteiger partial charge in [0.1, 0.15) is 0 Å². The number of nitrogens with zero attached hydrogens (tertiary/aromatic N) is 1. The van der Waals surface area contributed by atoms with Crippen LogP contribution in [0.25, 0.3) is 0 Å². The van der Waals surface area contributed by atoms with Gasteiger partial charge in [-0.1, -0.05) is 6.42 Å². The molecule has 0 rings (SSSR count). The van der Waals surface area contributed by atoms with E-state index in [0.717, 1.165) is 19.4 Å². The number of carbonyl (C=O) groups excluding carboxylic acids is 1. The molecule has 0 atom stereocenters. The van der Waals surface area contributed by atoms with Crippen molar-refractivity contribution in [2.45, 2.75) is 45.6 Å². The first-order chi connectivity index (χ1) is 7.91. The fourth-order valence-electron chi connectivity index (χ4n) is 1.53. The van der Waals surface area contributed by atoms with Gasteiger partial charge in [-0.15, -0.1) is 0 Å². The third-order valence-electron chi connectivity index (χ3n) is 2.29. The van der Waals surface area contributed by atoms with Gasteiger partial charge in [-0.3, -0.25) is 14.5 Å². The molecule has 0 fully saturated rings. The first-order valence-electron chi connectivity index (χ1n) is 6.11. The van der Waals surface area contributed by atoms with Crippen molar-refractivity contribution in [3.8, 4) is 0 Å². The summed E-state index contributed by atoms with van der Waals surface area (Å²) in [5.41, 5.74) is 0. The lowest BCUT2D eigenvalue weighted by Gasteiger charge is -2.17. The molecule has 0 aromatic rings. The average molecular weight is 244 g/mol. The van der Waals surface area contributed by atoms with Crippen molar-refractivity contribution in [3.63, 3.8) is 0 Å². The van der Waals surface area contributed by atoms with Gasteiger partial charge in [-0.2, -0.15) is 0 Å². The van der Waals surface area contributed by atoms with Gasteiger partial charge in [0, 0.05) is 12.5 Å². The van der Waals surface area contributed by atoms with Crippen molar-refractivity contribution in [1.29, 1.82) is 0 Å². The number of carbonyl (C=O) groups is 2. The van der Waals surface area contributed by atoms with E-state index in [0.29, 0.717) is 13.0 Å². The summed E-state index contributed by atoms with van der Waals surface area (Å²) in [6, 6.07) is 0.173. The van der Waals surface area contributed by atoms with E-state index in [1.807, 2.05) is 25.8 Å². The molecular weight excluding hydrogens is 220 g/mol. The Labute approximate surface area is 103 Å². The van der Waals surface area contributed by atoms with Gasteiger partial charge in [0.05, 0.1) is 6.54 Å². The average Bonchev–Trinajstić information content (AvgIpc) is 2.14. The highest BCUT2D eigenvalue weighted by Gasteiger charge is 2.07. The summed E-state index contributed by atoms with van der Waals surface area (Å²) in [7, 11) is 1.90. The fraction of sp³-hybridized carbons (Fsp3) is 0.833. The molecule has 0 aromatic carbocycles. The minimum Gasteiger partial charge on any atom is -0.481 e. The largest absolute Gasteiger partial charge is 0.481 e. The van der Waals surface area contributed by atoms with Gasteiger partial charge in [-0.25, -0.2) is 0 Å². The lowest BCUT2D eigenvalue weighted by atomic mass is 10.2. The molecule has 0 spiro atoms. The lowest BCUT2D eigenvalue weighted by Crippen LogP contribution is -2.38. The first-order valence-corrected chi connectivity index (χ1v) is 6.11. The topological polar surface area (TPSA) is 69.6 Å². The van der Waals surface area contributed by atoms with Crippen LogP contribution in [-0.2, 0) is 9.59 Å². The van der Waals surface area contributed by atoms with Gasteiger partial charge in [0.2, 0.25) is 5.91 Å². The maximum atomic E-state index is 11.4. The predicted octanol–water partition coefficient (Wildman–Crippen LogP) is 1.09. The second-order valence-electron chi connectivity index (χ2n) is 4.66. The SMILES string of the molecule is CC(C)NC(=O)CN(C)CCCCCC(=O)O. The van der Waals surface area contributed by atoms with E-state index in [9.17, 15) is 9.59 Å². The predicted molar refractivity (Wildman–Crippen MR) is 66.9 cm³/mol. The van der Waals surface area contributed by atoms with Crippen LogP contribution in [0.2, 0.25) is 0 Å². The Morgan fingerprint density at radius 2 is 1.88 bits per heavy atom. The van der Waals surface area contributed by atoms with E-state index in [-0.39, 0.29) is 18.4 Å². The monoisotopic (exact) mass is 244 g/mol. The Kier molecular flexibility index (Phi) is 8.40. The van der Waals surface area contributed by atoms with E-state index < -0.39 is 5.97 Å². The summed E-state index contributed by atoms with van der Waals surface area (Å²) in [5.74, 6) is -0.706. The summed E-state index contributed by atoms with van der Waals surface area (Å²) < 4.78 is 0. The van der Waals surface area contributed by atoms with Crippen LogP contribution < -0.4 is 5.32 Å². The molecule has 2 N–H and O–H groups in total. The molecule has 0 unspecified atom stereocenters. The Morgan fingerprint density at radius 3 is 2.41 bits per heavy atom. The summed E-state index contributed by atoms with van der Waals surface area (Å²) in [6.07, 6.45) is 2.76. The van der Waals surface area contributed by atoms with Gasteiger partial charge < -0.3 is 10.4 Å². The van der Waals surface area contributed by atoms with Crippen molar-refractivity contribution in [1.82, 2.24) is 10.2 Å². The molecular formula is C12H24N2O3. The Balaban J connectivity index is 3.49. The highest BCUT2D eigenvalue weighted by molar-refractivity contribution is 5.78.